The summed E-state index contributed by atoms with van der Waals surface area (Å²) in [6.07, 6.45) is 2.02. The zero-order valence-corrected chi connectivity index (χ0v) is 17.5. The molecule has 0 aromatic heterocycles. The zero-order chi connectivity index (χ0) is 19.2. The van der Waals surface area contributed by atoms with E-state index >= 15 is 0 Å². The summed E-state index contributed by atoms with van der Waals surface area (Å²) >= 11 is 0. The number of hydrogen-bond acceptors (Lipinski definition) is 6. The summed E-state index contributed by atoms with van der Waals surface area (Å²) in [4.78, 5) is 12.3. The highest BCUT2D eigenvalue weighted by atomic mass is 35.5. The van der Waals surface area contributed by atoms with Crippen LogP contribution in [0.5, 0.6) is 11.5 Å². The summed E-state index contributed by atoms with van der Waals surface area (Å²) in [5.74, 6) is 0.383. The van der Waals surface area contributed by atoms with Crippen LogP contribution < -0.4 is 20.5 Å². The number of nitrogens with two attached hydrogens (primary N) is 1. The van der Waals surface area contributed by atoms with Crippen LogP contribution in [0.4, 0.5) is 0 Å². The molecule has 0 atom stereocenters. The van der Waals surface area contributed by atoms with E-state index in [1.54, 1.807) is 6.07 Å². The Balaban J connectivity index is 0.00000364. The first-order valence-electron chi connectivity index (χ1n) is 8.99. The van der Waals surface area contributed by atoms with Crippen LogP contribution in [0.15, 0.2) is 23.1 Å². The zero-order valence-electron chi connectivity index (χ0n) is 15.8. The van der Waals surface area contributed by atoms with E-state index < -0.39 is 15.4 Å². The van der Waals surface area contributed by atoms with Gasteiger partial charge >= 0.3 is 0 Å². The van der Waals surface area contributed by atoms with E-state index in [4.69, 9.17) is 15.2 Å². The summed E-state index contributed by atoms with van der Waals surface area (Å²) < 4.78 is 36.2. The number of amides is 1. The van der Waals surface area contributed by atoms with Crippen LogP contribution in [0.2, 0.25) is 0 Å². The van der Waals surface area contributed by atoms with E-state index in [9.17, 15) is 13.2 Å². The van der Waals surface area contributed by atoms with Crippen molar-refractivity contribution in [1.29, 1.82) is 0 Å². The van der Waals surface area contributed by atoms with Crippen molar-refractivity contribution >= 4 is 28.2 Å². The molecule has 154 valence electrons. The van der Waals surface area contributed by atoms with Crippen LogP contribution in [0.25, 0.3) is 0 Å². The Bertz CT molecular complexity index is 727. The molecule has 7 nitrogen and oxygen atoms in total. The Morgan fingerprint density at radius 3 is 2.41 bits per heavy atom. The van der Waals surface area contributed by atoms with Crippen LogP contribution in [-0.2, 0) is 14.6 Å². The molecule has 27 heavy (non-hydrogen) atoms. The second-order valence-corrected chi connectivity index (χ2v) is 8.58. The maximum atomic E-state index is 12.6. The van der Waals surface area contributed by atoms with Crippen molar-refractivity contribution in [3.8, 4) is 11.5 Å². The Kier molecular flexibility index (Phi) is 8.84. The van der Waals surface area contributed by atoms with Gasteiger partial charge in [0.2, 0.25) is 5.91 Å². The molecule has 1 heterocycles. The van der Waals surface area contributed by atoms with Gasteiger partial charge in [0.1, 0.15) is 0 Å². The van der Waals surface area contributed by atoms with Gasteiger partial charge in [0.05, 0.1) is 29.4 Å². The van der Waals surface area contributed by atoms with Gasteiger partial charge in [-0.15, -0.1) is 12.4 Å². The Labute approximate surface area is 167 Å². The van der Waals surface area contributed by atoms with Crippen LogP contribution in [0.3, 0.4) is 0 Å². The summed E-state index contributed by atoms with van der Waals surface area (Å²) in [5.41, 5.74) is 5.29. The van der Waals surface area contributed by atoms with E-state index in [2.05, 4.69) is 5.32 Å². The van der Waals surface area contributed by atoms with Crippen molar-refractivity contribution in [2.75, 3.05) is 25.5 Å². The Morgan fingerprint density at radius 2 is 1.81 bits per heavy atom. The van der Waals surface area contributed by atoms with Gasteiger partial charge in [-0.3, -0.25) is 4.79 Å². The highest BCUT2D eigenvalue weighted by Gasteiger charge is 2.27. The van der Waals surface area contributed by atoms with Gasteiger partial charge in [-0.2, -0.15) is 0 Å². The van der Waals surface area contributed by atoms with E-state index in [1.807, 2.05) is 13.8 Å². The van der Waals surface area contributed by atoms with Gasteiger partial charge < -0.3 is 20.5 Å². The molecule has 1 aromatic rings. The van der Waals surface area contributed by atoms with Crippen molar-refractivity contribution in [2.24, 2.45) is 5.73 Å². The second kappa shape index (κ2) is 10.1. The number of hydrogen-bond donors (Lipinski definition) is 2. The minimum absolute atomic E-state index is 0. The second-order valence-electron chi connectivity index (χ2n) is 6.47. The summed E-state index contributed by atoms with van der Waals surface area (Å²) in [6, 6.07) is 4.56. The fraction of sp³-hybridized carbons (Fsp3) is 0.611. The van der Waals surface area contributed by atoms with Crippen molar-refractivity contribution in [2.45, 2.75) is 50.0 Å². The molecule has 0 spiro atoms. The lowest BCUT2D eigenvalue weighted by molar-refractivity contribution is -0.122. The normalized spacial score (nSPS) is 14.0. The first kappa shape index (κ1) is 23.5. The first-order valence-corrected chi connectivity index (χ1v) is 10.6. The number of nitrogens with one attached hydrogen (secondary N) is 1. The lowest BCUT2D eigenvalue weighted by Gasteiger charge is -2.31. The predicted molar refractivity (Wildman–Crippen MR) is 106 cm³/mol. The third-order valence-electron chi connectivity index (χ3n) is 4.82. The summed E-state index contributed by atoms with van der Waals surface area (Å²) in [7, 11) is -3.60. The lowest BCUT2D eigenvalue weighted by atomic mass is 9.93. The molecule has 1 amide bonds. The quantitative estimate of drug-likeness (QED) is 0.666. The standard InChI is InChI=1S/C18H28N2O5S.ClH/c1-3-18(4-2,13-19)20-17(21)8-11-26(22,23)14-6-7-15-16(12-14)25-10-5-9-24-15;/h6-7,12H,3-5,8-11,13,19H2,1-2H3,(H,20,21);1H. The molecule has 1 aliphatic heterocycles. The maximum Gasteiger partial charge on any atom is 0.221 e. The van der Waals surface area contributed by atoms with Gasteiger partial charge in [-0.25, -0.2) is 8.42 Å². The fourth-order valence-corrected chi connectivity index (χ4v) is 4.06. The number of carbonyl (C=O) groups excluding carboxylic acids is 1. The Morgan fingerprint density at radius 1 is 1.19 bits per heavy atom. The largest absolute Gasteiger partial charge is 0.490 e. The molecule has 0 unspecified atom stereocenters. The Hall–Kier alpha value is -1.51. The highest BCUT2D eigenvalue weighted by Crippen LogP contribution is 2.32. The van der Waals surface area contributed by atoms with Gasteiger partial charge in [0.25, 0.3) is 0 Å². The monoisotopic (exact) mass is 420 g/mol. The molecule has 0 aliphatic carbocycles. The van der Waals surface area contributed by atoms with Crippen LogP contribution in [0.1, 0.15) is 39.5 Å². The molecule has 1 aliphatic rings. The average Bonchev–Trinajstić information content (AvgIpc) is 2.89. The number of rotatable bonds is 8. The van der Waals surface area contributed by atoms with Gasteiger partial charge in [0.15, 0.2) is 21.3 Å². The number of carbonyl (C=O) groups is 1. The van der Waals surface area contributed by atoms with E-state index in [0.29, 0.717) is 44.1 Å². The molecule has 1 aromatic carbocycles. The molecular formula is C18H29ClN2O5S. The number of halogens is 1. The van der Waals surface area contributed by atoms with Gasteiger partial charge in [-0.05, 0) is 25.0 Å². The van der Waals surface area contributed by atoms with Gasteiger partial charge in [0, 0.05) is 25.5 Å². The molecule has 0 fully saturated rings. The fourth-order valence-electron chi connectivity index (χ4n) is 2.81. The molecule has 0 radical (unpaired) electrons. The van der Waals surface area contributed by atoms with Crippen molar-refractivity contribution in [1.82, 2.24) is 5.32 Å². The van der Waals surface area contributed by atoms with Crippen molar-refractivity contribution in [3.05, 3.63) is 18.2 Å². The minimum atomic E-state index is -3.60. The molecule has 3 N–H and O–H groups in total. The number of fused-ring (bicyclic) bond motifs is 1. The number of ether oxygens (including phenoxy) is 2. The topological polar surface area (TPSA) is 108 Å². The third kappa shape index (κ3) is 5.99. The van der Waals surface area contributed by atoms with Crippen LogP contribution >= 0.6 is 12.4 Å². The summed E-state index contributed by atoms with van der Waals surface area (Å²) in [6.45, 7) is 5.24. The van der Waals surface area contributed by atoms with E-state index in [0.717, 1.165) is 6.42 Å². The molecule has 0 saturated carbocycles. The molecular weight excluding hydrogens is 392 g/mol. The molecule has 0 bridgehead atoms. The third-order valence-corrected chi connectivity index (χ3v) is 6.54. The predicted octanol–water partition coefficient (Wildman–Crippen LogP) is 2.07. The van der Waals surface area contributed by atoms with E-state index in [-0.39, 0.29) is 35.4 Å². The van der Waals surface area contributed by atoms with Crippen LogP contribution in [-0.4, -0.2) is 45.4 Å². The van der Waals surface area contributed by atoms with Crippen LogP contribution in [0, 0.1) is 0 Å². The number of sulfone groups is 1. The van der Waals surface area contributed by atoms with Gasteiger partial charge in [-0.1, -0.05) is 13.8 Å². The smallest absolute Gasteiger partial charge is 0.221 e. The molecule has 9 heteroatoms. The van der Waals surface area contributed by atoms with Crippen molar-refractivity contribution in [3.63, 3.8) is 0 Å². The van der Waals surface area contributed by atoms with Crippen molar-refractivity contribution < 1.29 is 22.7 Å². The number of benzene rings is 1. The SMILES string of the molecule is CCC(CC)(CN)NC(=O)CCS(=O)(=O)c1ccc2c(c1)OCCCO2.Cl. The molecule has 2 rings (SSSR count). The summed E-state index contributed by atoms with van der Waals surface area (Å²) in [5, 5.41) is 2.89. The lowest BCUT2D eigenvalue weighted by Crippen LogP contribution is -2.53. The molecule has 0 saturated heterocycles. The highest BCUT2D eigenvalue weighted by molar-refractivity contribution is 7.91. The van der Waals surface area contributed by atoms with E-state index in [1.165, 1.54) is 12.1 Å². The maximum absolute atomic E-state index is 12.6. The first-order chi connectivity index (χ1) is 12.4. The average molecular weight is 421 g/mol. The minimum Gasteiger partial charge on any atom is -0.490 e.